The van der Waals surface area contributed by atoms with Gasteiger partial charge < -0.3 is 31.2 Å². The average Bonchev–Trinajstić information content (AvgIpc) is 2.71. The molecule has 4 aliphatic carbocycles. The monoisotopic (exact) mass is 518 g/mol. The van der Waals surface area contributed by atoms with Crippen LogP contribution in [0.2, 0.25) is 0 Å². The van der Waals surface area contributed by atoms with Gasteiger partial charge in [-0.15, -0.1) is 26.3 Å². The number of rotatable bonds is 4. The molecular weight excluding hydrogens is 494 g/mol. The highest BCUT2D eigenvalue weighted by atomic mass is 19.4. The highest BCUT2D eigenvalue weighted by Crippen LogP contribution is 2.67. The van der Waals surface area contributed by atoms with Crippen LogP contribution in [0.5, 0.6) is 23.0 Å². The number of phenolic OH excluding ortho intramolecular Hbond substituents is 2. The van der Waals surface area contributed by atoms with E-state index in [0.717, 1.165) is 18.6 Å². The van der Waals surface area contributed by atoms with E-state index < -0.39 is 46.6 Å². The van der Waals surface area contributed by atoms with Crippen molar-refractivity contribution in [1.82, 2.24) is 0 Å². The number of halogens is 6. The number of aromatic hydroxyl groups is 2. The van der Waals surface area contributed by atoms with Gasteiger partial charge in [0.2, 0.25) is 0 Å². The number of hydrogen-bond donors (Lipinski definition) is 4. The molecule has 6 nitrogen and oxygen atoms in total. The molecule has 196 valence electrons. The van der Waals surface area contributed by atoms with Crippen LogP contribution >= 0.6 is 0 Å². The van der Waals surface area contributed by atoms with Crippen molar-refractivity contribution in [1.29, 1.82) is 0 Å². The quantitative estimate of drug-likeness (QED) is 0.230. The third-order valence-electron chi connectivity index (χ3n) is 7.95. The Bertz CT molecular complexity index is 1110. The van der Waals surface area contributed by atoms with Crippen LogP contribution in [-0.2, 0) is 10.8 Å². The summed E-state index contributed by atoms with van der Waals surface area (Å²) in [5.41, 5.74) is 10.9. The fourth-order valence-electron chi connectivity index (χ4n) is 7.21. The Hall–Kier alpha value is -3.18. The number of hydrogen-bond acceptors (Lipinski definition) is 6. The van der Waals surface area contributed by atoms with Crippen LogP contribution < -0.4 is 20.9 Å². The van der Waals surface area contributed by atoms with Crippen LogP contribution in [0.1, 0.15) is 49.7 Å². The van der Waals surface area contributed by atoms with Gasteiger partial charge in [0.05, 0.1) is 11.4 Å². The van der Waals surface area contributed by atoms with Gasteiger partial charge in [0.1, 0.15) is 0 Å². The molecule has 4 bridgehead atoms. The van der Waals surface area contributed by atoms with Gasteiger partial charge in [-0.1, -0.05) is 0 Å². The fraction of sp³-hybridized carbons (Fsp3) is 0.500. The van der Waals surface area contributed by atoms with E-state index in [1.165, 1.54) is 12.1 Å². The lowest BCUT2D eigenvalue weighted by atomic mass is 9.41. The first-order valence-electron chi connectivity index (χ1n) is 11.4. The molecule has 2 aromatic carbocycles. The predicted octanol–water partition coefficient (Wildman–Crippen LogP) is 5.85. The Kier molecular flexibility index (Phi) is 5.21. The van der Waals surface area contributed by atoms with Gasteiger partial charge in [0, 0.05) is 0 Å². The summed E-state index contributed by atoms with van der Waals surface area (Å²) in [4.78, 5) is 0. The first-order valence-corrected chi connectivity index (χ1v) is 11.4. The zero-order chi connectivity index (χ0) is 26.3. The molecule has 36 heavy (non-hydrogen) atoms. The van der Waals surface area contributed by atoms with Gasteiger partial charge in [-0.2, -0.15) is 0 Å². The molecule has 4 fully saturated rings. The zero-order valence-electron chi connectivity index (χ0n) is 18.8. The minimum absolute atomic E-state index is 0.162. The average molecular weight is 518 g/mol. The van der Waals surface area contributed by atoms with Gasteiger partial charge in [-0.3, -0.25) is 0 Å². The molecule has 0 aromatic heterocycles. The molecule has 0 aliphatic heterocycles. The summed E-state index contributed by atoms with van der Waals surface area (Å²) in [6.45, 7) is 0. The number of nitrogen functional groups attached to an aromatic ring is 2. The van der Waals surface area contributed by atoms with Gasteiger partial charge in [0.15, 0.2) is 23.0 Å². The van der Waals surface area contributed by atoms with E-state index in [0.29, 0.717) is 43.2 Å². The Morgan fingerprint density at radius 2 is 1.06 bits per heavy atom. The number of phenols is 2. The van der Waals surface area contributed by atoms with E-state index in [-0.39, 0.29) is 23.2 Å². The van der Waals surface area contributed by atoms with E-state index in [9.17, 15) is 36.6 Å². The molecule has 0 spiro atoms. The molecule has 0 amide bonds. The molecular formula is C24H24F6N2O4. The first kappa shape index (κ1) is 24.5. The van der Waals surface area contributed by atoms with E-state index >= 15 is 0 Å². The molecule has 4 saturated carbocycles. The van der Waals surface area contributed by atoms with E-state index in [4.69, 9.17) is 11.5 Å². The summed E-state index contributed by atoms with van der Waals surface area (Å²) in [5.74, 6) is -2.88. The van der Waals surface area contributed by atoms with Crippen molar-refractivity contribution in [3.05, 3.63) is 35.4 Å². The highest BCUT2D eigenvalue weighted by Gasteiger charge is 2.59. The summed E-state index contributed by atoms with van der Waals surface area (Å²) in [6.07, 6.45) is -6.16. The van der Waals surface area contributed by atoms with Crippen molar-refractivity contribution in [3.63, 3.8) is 0 Å². The van der Waals surface area contributed by atoms with Crippen LogP contribution in [0.15, 0.2) is 24.3 Å². The maximum atomic E-state index is 13.0. The smallest absolute Gasteiger partial charge is 0.503 e. The Balaban J connectivity index is 1.59. The second-order valence-electron chi connectivity index (χ2n) is 10.4. The second kappa shape index (κ2) is 7.66. The van der Waals surface area contributed by atoms with E-state index in [1.54, 1.807) is 0 Å². The normalized spacial score (nSPS) is 29.4. The molecule has 0 saturated heterocycles. The number of nitrogens with two attached hydrogens (primary N) is 2. The van der Waals surface area contributed by atoms with Crippen LogP contribution in [0, 0.1) is 11.8 Å². The molecule has 0 radical (unpaired) electrons. The van der Waals surface area contributed by atoms with Gasteiger partial charge in [0.25, 0.3) is 0 Å². The van der Waals surface area contributed by atoms with Crippen molar-refractivity contribution in [3.8, 4) is 23.0 Å². The third-order valence-corrected chi connectivity index (χ3v) is 7.95. The molecule has 0 atom stereocenters. The summed E-state index contributed by atoms with van der Waals surface area (Å²) < 4.78 is 85.8. The van der Waals surface area contributed by atoms with Crippen molar-refractivity contribution >= 4 is 11.4 Å². The maximum Gasteiger partial charge on any atom is 0.573 e. The molecule has 6 N–H and O–H groups in total. The molecule has 12 heteroatoms. The predicted molar refractivity (Wildman–Crippen MR) is 116 cm³/mol. The van der Waals surface area contributed by atoms with Crippen LogP contribution in [0.4, 0.5) is 37.7 Å². The highest BCUT2D eigenvalue weighted by molar-refractivity contribution is 5.64. The standard InChI is InChI=1S/C24H24F6N2O4/c25-23(26,27)35-17-4-13(2-15(31)19(17)33)21-6-11-1-12(7-21)9-22(8-11,10-21)14-3-16(32)20(34)18(5-14)36-24(28,29)30/h2-5,11-12,33-34H,1,6-10,31-32H2. The molecule has 4 aliphatic rings. The summed E-state index contributed by atoms with van der Waals surface area (Å²) in [7, 11) is 0. The SMILES string of the molecule is Nc1cc(C23CC4CC(C2)CC(c2cc(N)c(O)c(OC(F)(F)F)c2)(C4)C3)cc(OC(F)(F)F)c1O. The first-order chi connectivity index (χ1) is 16.6. The topological polar surface area (TPSA) is 111 Å². The van der Waals surface area contributed by atoms with Crippen molar-refractivity contribution in [2.24, 2.45) is 11.8 Å². The fourth-order valence-corrected chi connectivity index (χ4v) is 7.21. The number of alkyl halides is 6. The minimum Gasteiger partial charge on any atom is -0.503 e. The van der Waals surface area contributed by atoms with Crippen LogP contribution in [0.3, 0.4) is 0 Å². The molecule has 0 heterocycles. The number of benzene rings is 2. The number of anilines is 2. The third kappa shape index (κ3) is 4.20. The lowest BCUT2D eigenvalue weighted by Crippen LogP contribution is -2.56. The summed E-state index contributed by atoms with van der Waals surface area (Å²) in [6, 6.07) is 5.21. The van der Waals surface area contributed by atoms with Crippen molar-refractivity contribution in [2.75, 3.05) is 11.5 Å². The van der Waals surface area contributed by atoms with Crippen LogP contribution in [-0.4, -0.2) is 22.9 Å². The van der Waals surface area contributed by atoms with E-state index in [1.807, 2.05) is 0 Å². The van der Waals surface area contributed by atoms with Crippen LogP contribution in [0.25, 0.3) is 0 Å². The zero-order valence-corrected chi connectivity index (χ0v) is 18.8. The molecule has 6 rings (SSSR count). The second-order valence-corrected chi connectivity index (χ2v) is 10.4. The Morgan fingerprint density at radius 1 is 0.694 bits per heavy atom. The Morgan fingerprint density at radius 3 is 1.39 bits per heavy atom. The van der Waals surface area contributed by atoms with Gasteiger partial charge in [-0.05, 0) is 96.6 Å². The summed E-state index contributed by atoms with van der Waals surface area (Å²) >= 11 is 0. The molecule has 2 aromatic rings. The maximum absolute atomic E-state index is 13.0. The lowest BCUT2D eigenvalue weighted by Gasteiger charge is -2.63. The minimum atomic E-state index is -5.04. The molecule has 0 unspecified atom stereocenters. The van der Waals surface area contributed by atoms with E-state index in [2.05, 4.69) is 9.47 Å². The largest absolute Gasteiger partial charge is 0.573 e. The van der Waals surface area contributed by atoms with Crippen molar-refractivity contribution in [2.45, 2.75) is 62.1 Å². The lowest BCUT2D eigenvalue weighted by molar-refractivity contribution is -0.276. The Labute approximate surface area is 201 Å². The van der Waals surface area contributed by atoms with Crippen molar-refractivity contribution < 1.29 is 46.0 Å². The summed E-state index contributed by atoms with van der Waals surface area (Å²) in [5, 5.41) is 20.2. The van der Waals surface area contributed by atoms with Gasteiger partial charge >= 0.3 is 12.7 Å². The number of ether oxygens (including phenoxy) is 2. The van der Waals surface area contributed by atoms with Gasteiger partial charge in [-0.25, -0.2) is 0 Å².